The summed E-state index contributed by atoms with van der Waals surface area (Å²) in [6, 6.07) is 12.3. The summed E-state index contributed by atoms with van der Waals surface area (Å²) in [6.07, 6.45) is 0. The largest absolute Gasteiger partial charge is 0.508 e. The van der Waals surface area contributed by atoms with Crippen LogP contribution in [0.3, 0.4) is 0 Å². The highest BCUT2D eigenvalue weighted by atomic mass is 35.5. The summed E-state index contributed by atoms with van der Waals surface area (Å²) >= 11 is 11.9. The van der Waals surface area contributed by atoms with Crippen LogP contribution in [0.5, 0.6) is 5.75 Å². The average Bonchev–Trinajstić information content (AvgIpc) is 2.30. The number of hydrogen-bond donors (Lipinski definition) is 2. The highest BCUT2D eigenvalue weighted by Crippen LogP contribution is 2.22. The number of rotatable bonds is 3. The van der Waals surface area contributed by atoms with Crippen molar-refractivity contribution in [2.24, 2.45) is 0 Å². The molecule has 0 saturated carbocycles. The molecule has 0 bridgehead atoms. The lowest BCUT2D eigenvalue weighted by atomic mass is 10.2. The van der Waals surface area contributed by atoms with Gasteiger partial charge in [0.2, 0.25) is 0 Å². The molecule has 0 aromatic heterocycles. The molecule has 0 aliphatic rings. The van der Waals surface area contributed by atoms with E-state index in [0.717, 1.165) is 11.3 Å². The Hall–Kier alpha value is -1.38. The van der Waals surface area contributed by atoms with Gasteiger partial charge in [-0.25, -0.2) is 0 Å². The zero-order chi connectivity index (χ0) is 12.3. The molecular formula is C13H11Cl2NO. The number of hydrogen-bond acceptors (Lipinski definition) is 2. The van der Waals surface area contributed by atoms with Gasteiger partial charge in [0.1, 0.15) is 5.75 Å². The molecule has 2 nitrogen and oxygen atoms in total. The predicted octanol–water partition coefficient (Wildman–Crippen LogP) is 4.31. The normalized spacial score (nSPS) is 10.2. The van der Waals surface area contributed by atoms with E-state index >= 15 is 0 Å². The first-order valence-corrected chi connectivity index (χ1v) is 5.87. The standard InChI is InChI=1S/C13H11Cl2NO/c14-10-2-1-9(13(15)7-10)8-16-11-3-5-12(17)6-4-11/h1-7,16-17H,8H2. The Morgan fingerprint density at radius 2 is 1.71 bits per heavy atom. The SMILES string of the molecule is Oc1ccc(NCc2ccc(Cl)cc2Cl)cc1. The minimum atomic E-state index is 0.250. The van der Waals surface area contributed by atoms with E-state index in [1.807, 2.05) is 6.07 Å². The molecule has 0 spiro atoms. The molecule has 0 unspecified atom stereocenters. The summed E-state index contributed by atoms with van der Waals surface area (Å²) in [5.74, 6) is 0.250. The molecule has 0 saturated heterocycles. The van der Waals surface area contributed by atoms with Crippen LogP contribution in [0.1, 0.15) is 5.56 Å². The summed E-state index contributed by atoms with van der Waals surface area (Å²) < 4.78 is 0. The second-order valence-electron chi connectivity index (χ2n) is 3.64. The summed E-state index contributed by atoms with van der Waals surface area (Å²) in [5, 5.41) is 13.6. The highest BCUT2D eigenvalue weighted by Gasteiger charge is 2.01. The quantitative estimate of drug-likeness (QED) is 0.813. The maximum absolute atomic E-state index is 9.15. The number of halogens is 2. The molecule has 2 aromatic rings. The fraction of sp³-hybridized carbons (Fsp3) is 0.0769. The van der Waals surface area contributed by atoms with Gasteiger partial charge in [-0.1, -0.05) is 29.3 Å². The van der Waals surface area contributed by atoms with Crippen LogP contribution in [0.4, 0.5) is 5.69 Å². The van der Waals surface area contributed by atoms with Crippen LogP contribution in [-0.2, 0) is 6.54 Å². The van der Waals surface area contributed by atoms with Crippen LogP contribution < -0.4 is 5.32 Å². The third-order valence-electron chi connectivity index (χ3n) is 2.37. The topological polar surface area (TPSA) is 32.3 Å². The number of benzene rings is 2. The molecule has 0 aliphatic heterocycles. The van der Waals surface area contributed by atoms with E-state index in [1.54, 1.807) is 36.4 Å². The molecule has 2 aromatic carbocycles. The van der Waals surface area contributed by atoms with Gasteiger partial charge >= 0.3 is 0 Å². The molecule has 0 fully saturated rings. The Morgan fingerprint density at radius 1 is 1.00 bits per heavy atom. The number of phenolic OH excluding ortho intramolecular Hbond substituents is 1. The van der Waals surface area contributed by atoms with Crippen molar-refractivity contribution in [1.82, 2.24) is 0 Å². The monoisotopic (exact) mass is 267 g/mol. The predicted molar refractivity (Wildman–Crippen MR) is 71.9 cm³/mol. The van der Waals surface area contributed by atoms with E-state index in [-0.39, 0.29) is 5.75 Å². The maximum atomic E-state index is 9.15. The third-order valence-corrected chi connectivity index (χ3v) is 2.95. The zero-order valence-corrected chi connectivity index (χ0v) is 10.5. The molecule has 0 aliphatic carbocycles. The molecule has 0 atom stereocenters. The first kappa shape index (κ1) is 12.1. The Morgan fingerprint density at radius 3 is 2.35 bits per heavy atom. The summed E-state index contributed by atoms with van der Waals surface area (Å²) in [4.78, 5) is 0. The molecular weight excluding hydrogens is 257 g/mol. The van der Waals surface area contributed by atoms with E-state index in [2.05, 4.69) is 5.32 Å². The number of anilines is 1. The molecule has 2 N–H and O–H groups in total. The lowest BCUT2D eigenvalue weighted by molar-refractivity contribution is 0.475. The second-order valence-corrected chi connectivity index (χ2v) is 4.48. The van der Waals surface area contributed by atoms with Crippen molar-refractivity contribution in [3.05, 3.63) is 58.1 Å². The Kier molecular flexibility index (Phi) is 3.77. The van der Waals surface area contributed by atoms with E-state index in [4.69, 9.17) is 28.3 Å². The van der Waals surface area contributed by atoms with Gasteiger partial charge in [0, 0.05) is 22.3 Å². The zero-order valence-electron chi connectivity index (χ0n) is 8.95. The number of phenols is 1. The summed E-state index contributed by atoms with van der Waals surface area (Å²) in [6.45, 7) is 0.612. The van der Waals surface area contributed by atoms with Gasteiger partial charge in [-0.2, -0.15) is 0 Å². The molecule has 0 amide bonds. The van der Waals surface area contributed by atoms with Gasteiger partial charge in [0.05, 0.1) is 0 Å². The van der Waals surface area contributed by atoms with Gasteiger partial charge in [0.25, 0.3) is 0 Å². The summed E-state index contributed by atoms with van der Waals surface area (Å²) in [5.41, 5.74) is 1.90. The van der Waals surface area contributed by atoms with Crippen molar-refractivity contribution in [3.63, 3.8) is 0 Å². The minimum Gasteiger partial charge on any atom is -0.508 e. The highest BCUT2D eigenvalue weighted by molar-refractivity contribution is 6.35. The van der Waals surface area contributed by atoms with Crippen molar-refractivity contribution in [2.75, 3.05) is 5.32 Å². The van der Waals surface area contributed by atoms with Gasteiger partial charge in [-0.15, -0.1) is 0 Å². The molecule has 0 radical (unpaired) electrons. The Labute approximate surface area is 110 Å². The fourth-order valence-corrected chi connectivity index (χ4v) is 1.92. The van der Waals surface area contributed by atoms with Crippen molar-refractivity contribution in [2.45, 2.75) is 6.54 Å². The summed E-state index contributed by atoms with van der Waals surface area (Å²) in [7, 11) is 0. The second kappa shape index (κ2) is 5.30. The lowest BCUT2D eigenvalue weighted by Crippen LogP contribution is -1.99. The van der Waals surface area contributed by atoms with Gasteiger partial charge in [-0.3, -0.25) is 0 Å². The van der Waals surface area contributed by atoms with Gasteiger partial charge in [0.15, 0.2) is 0 Å². The van der Waals surface area contributed by atoms with Crippen molar-refractivity contribution in [1.29, 1.82) is 0 Å². The molecule has 4 heteroatoms. The molecule has 88 valence electrons. The maximum Gasteiger partial charge on any atom is 0.115 e. The Balaban J connectivity index is 2.04. The fourth-order valence-electron chi connectivity index (χ4n) is 1.44. The average molecular weight is 268 g/mol. The van der Waals surface area contributed by atoms with Crippen LogP contribution in [-0.4, -0.2) is 5.11 Å². The van der Waals surface area contributed by atoms with E-state index < -0.39 is 0 Å². The van der Waals surface area contributed by atoms with E-state index in [0.29, 0.717) is 16.6 Å². The number of aromatic hydroxyl groups is 1. The van der Waals surface area contributed by atoms with E-state index in [9.17, 15) is 0 Å². The van der Waals surface area contributed by atoms with Crippen LogP contribution >= 0.6 is 23.2 Å². The van der Waals surface area contributed by atoms with E-state index in [1.165, 1.54) is 0 Å². The lowest BCUT2D eigenvalue weighted by Gasteiger charge is -2.08. The van der Waals surface area contributed by atoms with Crippen molar-refractivity contribution < 1.29 is 5.11 Å². The molecule has 17 heavy (non-hydrogen) atoms. The van der Waals surface area contributed by atoms with Crippen LogP contribution in [0.15, 0.2) is 42.5 Å². The van der Waals surface area contributed by atoms with Crippen LogP contribution in [0.25, 0.3) is 0 Å². The third kappa shape index (κ3) is 3.29. The van der Waals surface area contributed by atoms with Crippen LogP contribution in [0, 0.1) is 0 Å². The Bertz CT molecular complexity index is 511. The smallest absolute Gasteiger partial charge is 0.115 e. The van der Waals surface area contributed by atoms with Gasteiger partial charge in [-0.05, 0) is 42.0 Å². The molecule has 2 rings (SSSR count). The number of nitrogens with one attached hydrogen (secondary N) is 1. The first-order valence-electron chi connectivity index (χ1n) is 5.12. The van der Waals surface area contributed by atoms with Crippen LogP contribution in [0.2, 0.25) is 10.0 Å². The van der Waals surface area contributed by atoms with Crippen molar-refractivity contribution >= 4 is 28.9 Å². The first-order chi connectivity index (χ1) is 8.15. The molecule has 0 heterocycles. The van der Waals surface area contributed by atoms with Crippen molar-refractivity contribution in [3.8, 4) is 5.75 Å². The van der Waals surface area contributed by atoms with Gasteiger partial charge < -0.3 is 10.4 Å². The minimum absolute atomic E-state index is 0.250.